The van der Waals surface area contributed by atoms with Crippen molar-refractivity contribution in [3.8, 4) is 0 Å². The predicted octanol–water partition coefficient (Wildman–Crippen LogP) is 2.23. The van der Waals surface area contributed by atoms with Crippen LogP contribution < -0.4 is 0 Å². The Labute approximate surface area is 84.9 Å². The van der Waals surface area contributed by atoms with Gasteiger partial charge in [-0.2, -0.15) is 0 Å². The van der Waals surface area contributed by atoms with Crippen LogP contribution in [0.15, 0.2) is 0 Å². The molecule has 1 rings (SSSR count). The van der Waals surface area contributed by atoms with Gasteiger partial charge in [0.2, 0.25) is 0 Å². The van der Waals surface area contributed by atoms with Gasteiger partial charge in [-0.3, -0.25) is 9.59 Å². The molecular weight excluding hydrogens is 184 g/mol. The molecule has 0 spiro atoms. The van der Waals surface area contributed by atoms with E-state index in [1.54, 1.807) is 0 Å². The average Bonchev–Trinajstić information content (AvgIpc) is 2.04. The first kappa shape index (κ1) is 15.4. The molecule has 1 fully saturated rings. The molecule has 0 aliphatic heterocycles. The van der Waals surface area contributed by atoms with Crippen molar-refractivity contribution < 1.29 is 19.8 Å². The van der Waals surface area contributed by atoms with E-state index >= 15 is 0 Å². The van der Waals surface area contributed by atoms with Gasteiger partial charge in [-0.1, -0.05) is 27.7 Å². The lowest BCUT2D eigenvalue weighted by Gasteiger charge is -2.24. The van der Waals surface area contributed by atoms with Gasteiger partial charge in [0.25, 0.3) is 0 Å². The summed E-state index contributed by atoms with van der Waals surface area (Å²) in [5, 5.41) is 17.4. The molecule has 0 aromatic carbocycles. The average molecular weight is 204 g/mol. The Morgan fingerprint density at radius 1 is 0.857 bits per heavy atom. The van der Waals surface area contributed by atoms with Crippen LogP contribution in [-0.2, 0) is 9.59 Å². The van der Waals surface area contributed by atoms with Crippen molar-refractivity contribution in [3.63, 3.8) is 0 Å². The third-order valence-electron chi connectivity index (χ3n) is 2.40. The zero-order valence-corrected chi connectivity index (χ0v) is 6.69. The Bertz CT molecular complexity index is 178. The highest BCUT2D eigenvalue weighted by Gasteiger charge is 2.35. The second-order valence-corrected chi connectivity index (χ2v) is 3.17. The van der Waals surface area contributed by atoms with E-state index in [0.29, 0.717) is 12.8 Å². The van der Waals surface area contributed by atoms with Gasteiger partial charge in [-0.25, -0.2) is 0 Å². The number of hydrogen-bond donors (Lipinski definition) is 2. The summed E-state index contributed by atoms with van der Waals surface area (Å²) in [5.41, 5.74) is 0. The third-order valence-corrected chi connectivity index (χ3v) is 2.40. The summed E-state index contributed by atoms with van der Waals surface area (Å²) in [5.74, 6) is -3.28. The normalized spacial score (nSPS) is 25.4. The first-order valence-corrected chi connectivity index (χ1v) is 4.08. The summed E-state index contributed by atoms with van der Waals surface area (Å²) in [6.07, 6.45) is 2.68. The number of rotatable bonds is 2. The summed E-state index contributed by atoms with van der Waals surface area (Å²) < 4.78 is 0. The lowest BCUT2D eigenvalue weighted by molar-refractivity contribution is -0.155. The van der Waals surface area contributed by atoms with Crippen LogP contribution in [0.5, 0.6) is 0 Å². The minimum Gasteiger partial charge on any atom is -0.481 e. The van der Waals surface area contributed by atoms with Gasteiger partial charge in [0.15, 0.2) is 0 Å². The predicted molar refractivity (Wildman–Crippen MR) is 54.2 cm³/mol. The van der Waals surface area contributed by atoms with E-state index in [0.717, 1.165) is 12.8 Å². The summed E-state index contributed by atoms with van der Waals surface area (Å²) in [6.45, 7) is 0. The SMILES string of the molecule is C.C.O=C(O)[C@H]1CCCC[C@H]1C(=O)O. The van der Waals surface area contributed by atoms with Crippen molar-refractivity contribution in [2.75, 3.05) is 0 Å². The van der Waals surface area contributed by atoms with Crippen molar-refractivity contribution in [1.82, 2.24) is 0 Å². The van der Waals surface area contributed by atoms with Crippen molar-refractivity contribution in [2.24, 2.45) is 11.8 Å². The van der Waals surface area contributed by atoms with Gasteiger partial charge in [-0.05, 0) is 12.8 Å². The molecule has 14 heavy (non-hydrogen) atoms. The Morgan fingerprint density at radius 3 is 1.36 bits per heavy atom. The molecule has 1 saturated carbocycles. The fourth-order valence-corrected chi connectivity index (χ4v) is 1.72. The molecule has 2 N–H and O–H groups in total. The molecule has 0 radical (unpaired) electrons. The maximum absolute atomic E-state index is 10.6. The maximum atomic E-state index is 10.6. The fourth-order valence-electron chi connectivity index (χ4n) is 1.72. The lowest BCUT2D eigenvalue weighted by Crippen LogP contribution is -2.32. The highest BCUT2D eigenvalue weighted by molar-refractivity contribution is 5.80. The second kappa shape index (κ2) is 6.40. The Balaban J connectivity index is 0. The van der Waals surface area contributed by atoms with E-state index in [1.165, 1.54) is 0 Å². The van der Waals surface area contributed by atoms with Crippen LogP contribution in [-0.4, -0.2) is 22.2 Å². The highest BCUT2D eigenvalue weighted by atomic mass is 16.4. The molecule has 1 aliphatic rings. The van der Waals surface area contributed by atoms with Crippen LogP contribution in [0.3, 0.4) is 0 Å². The molecule has 84 valence electrons. The van der Waals surface area contributed by atoms with Crippen molar-refractivity contribution in [3.05, 3.63) is 0 Å². The van der Waals surface area contributed by atoms with Crippen molar-refractivity contribution in [2.45, 2.75) is 40.5 Å². The van der Waals surface area contributed by atoms with E-state index in [4.69, 9.17) is 10.2 Å². The standard InChI is InChI=1S/C8H12O4.2CH4/c9-7(10)5-3-1-2-4-6(5)8(11)12;;/h5-6H,1-4H2,(H,9,10)(H,11,12);2*1H4/t5-,6+;;. The van der Waals surface area contributed by atoms with E-state index in [1.807, 2.05) is 0 Å². The smallest absolute Gasteiger partial charge is 0.307 e. The van der Waals surface area contributed by atoms with E-state index in [9.17, 15) is 9.59 Å². The molecule has 0 bridgehead atoms. The number of carboxylic acids is 2. The van der Waals surface area contributed by atoms with Gasteiger partial charge in [0, 0.05) is 0 Å². The Hall–Kier alpha value is -1.06. The summed E-state index contributed by atoms with van der Waals surface area (Å²) in [6, 6.07) is 0. The molecule has 0 amide bonds. The van der Waals surface area contributed by atoms with Gasteiger partial charge in [0.1, 0.15) is 0 Å². The van der Waals surface area contributed by atoms with Crippen molar-refractivity contribution >= 4 is 11.9 Å². The van der Waals surface area contributed by atoms with Crippen LogP contribution >= 0.6 is 0 Å². The molecule has 0 aromatic rings. The van der Waals surface area contributed by atoms with Gasteiger partial charge < -0.3 is 10.2 Å². The van der Waals surface area contributed by atoms with Gasteiger partial charge in [0.05, 0.1) is 11.8 Å². The molecule has 4 heteroatoms. The number of carbonyl (C=O) groups is 2. The van der Waals surface area contributed by atoms with Crippen LogP contribution in [0, 0.1) is 11.8 Å². The lowest BCUT2D eigenvalue weighted by atomic mass is 9.79. The molecule has 0 aromatic heterocycles. The van der Waals surface area contributed by atoms with Gasteiger partial charge in [-0.15, -0.1) is 0 Å². The molecule has 0 saturated heterocycles. The Kier molecular flexibility index (Phi) is 7.05. The first-order valence-electron chi connectivity index (χ1n) is 4.08. The minimum absolute atomic E-state index is 0. The zero-order chi connectivity index (χ0) is 9.14. The second-order valence-electron chi connectivity index (χ2n) is 3.17. The highest BCUT2D eigenvalue weighted by Crippen LogP contribution is 2.30. The van der Waals surface area contributed by atoms with E-state index in [2.05, 4.69) is 0 Å². The van der Waals surface area contributed by atoms with Gasteiger partial charge >= 0.3 is 11.9 Å². The van der Waals surface area contributed by atoms with Crippen LogP contribution in [0.2, 0.25) is 0 Å². The van der Waals surface area contributed by atoms with Crippen LogP contribution in [0.25, 0.3) is 0 Å². The van der Waals surface area contributed by atoms with E-state index < -0.39 is 23.8 Å². The van der Waals surface area contributed by atoms with E-state index in [-0.39, 0.29) is 14.9 Å². The summed E-state index contributed by atoms with van der Waals surface area (Å²) >= 11 is 0. The minimum atomic E-state index is -0.970. The number of aliphatic carboxylic acids is 2. The largest absolute Gasteiger partial charge is 0.481 e. The monoisotopic (exact) mass is 204 g/mol. The summed E-state index contributed by atoms with van der Waals surface area (Å²) in [7, 11) is 0. The molecule has 0 heterocycles. The topological polar surface area (TPSA) is 74.6 Å². The van der Waals surface area contributed by atoms with Crippen LogP contribution in [0.1, 0.15) is 40.5 Å². The summed E-state index contributed by atoms with van der Waals surface area (Å²) in [4.78, 5) is 21.2. The Morgan fingerprint density at radius 2 is 1.14 bits per heavy atom. The number of hydrogen-bond acceptors (Lipinski definition) is 2. The maximum Gasteiger partial charge on any atom is 0.307 e. The quantitative estimate of drug-likeness (QED) is 0.723. The molecule has 1 aliphatic carbocycles. The first-order chi connectivity index (χ1) is 5.63. The zero-order valence-electron chi connectivity index (χ0n) is 6.69. The fraction of sp³-hybridized carbons (Fsp3) is 0.800. The third kappa shape index (κ3) is 3.36. The molecule has 2 atom stereocenters. The molecular formula is C10H20O4. The molecule has 0 unspecified atom stereocenters. The number of carboxylic acid groups (broad SMARTS) is 2. The van der Waals surface area contributed by atoms with Crippen LogP contribution in [0.4, 0.5) is 0 Å². The molecule has 4 nitrogen and oxygen atoms in total. The van der Waals surface area contributed by atoms with Crippen molar-refractivity contribution in [1.29, 1.82) is 0 Å².